The van der Waals surface area contributed by atoms with Crippen LogP contribution in [0.25, 0.3) is 6.08 Å². The summed E-state index contributed by atoms with van der Waals surface area (Å²) in [6.45, 7) is 0. The molecule has 0 radical (unpaired) electrons. The maximum Gasteiger partial charge on any atom is 0.339 e. The Kier molecular flexibility index (Phi) is 4.37. The van der Waals surface area contributed by atoms with E-state index < -0.39 is 0 Å². The van der Waals surface area contributed by atoms with Crippen molar-refractivity contribution in [3.05, 3.63) is 40.1 Å². The van der Waals surface area contributed by atoms with Crippen molar-refractivity contribution < 1.29 is 14.3 Å². The zero-order valence-corrected chi connectivity index (χ0v) is 10.1. The van der Waals surface area contributed by atoms with Crippen molar-refractivity contribution in [3.8, 4) is 0 Å². The number of methoxy groups -OCH3 is 2. The van der Waals surface area contributed by atoms with Crippen molar-refractivity contribution in [2.24, 2.45) is 0 Å². The number of hydrogen-bond donors (Lipinski definition) is 0. The van der Waals surface area contributed by atoms with Gasteiger partial charge in [-0.1, -0.05) is 12.1 Å². The third kappa shape index (κ3) is 2.83. The van der Waals surface area contributed by atoms with Crippen molar-refractivity contribution in [2.45, 2.75) is 0 Å². The van der Waals surface area contributed by atoms with E-state index in [-0.39, 0.29) is 5.97 Å². The first-order chi connectivity index (χ1) is 7.20. The Morgan fingerprint density at radius 3 is 2.73 bits per heavy atom. The first-order valence-corrected chi connectivity index (χ1v) is 5.06. The van der Waals surface area contributed by atoms with Crippen molar-refractivity contribution in [3.63, 3.8) is 0 Å². The maximum atomic E-state index is 11.4. The molecule has 15 heavy (non-hydrogen) atoms. The molecule has 1 rings (SSSR count). The highest BCUT2D eigenvalue weighted by molar-refractivity contribution is 9.10. The summed E-state index contributed by atoms with van der Waals surface area (Å²) < 4.78 is 10.2. The molecular weight excluding hydrogens is 260 g/mol. The number of ether oxygens (including phenoxy) is 2. The number of carbonyl (C=O) groups is 1. The molecule has 0 fully saturated rings. The van der Waals surface area contributed by atoms with Crippen LogP contribution in [0, 0.1) is 0 Å². The SMILES string of the molecule is COC=Cc1cccc(C(=O)OC)c1Br. The number of benzene rings is 1. The fraction of sp³-hybridized carbons (Fsp3) is 0.182. The van der Waals surface area contributed by atoms with Crippen LogP contribution in [0.4, 0.5) is 0 Å². The third-order valence-electron chi connectivity index (χ3n) is 1.82. The molecule has 0 atom stereocenters. The quantitative estimate of drug-likeness (QED) is 0.626. The van der Waals surface area contributed by atoms with Crippen molar-refractivity contribution in [1.29, 1.82) is 0 Å². The average Bonchev–Trinajstić information content (AvgIpc) is 2.27. The van der Waals surface area contributed by atoms with E-state index in [4.69, 9.17) is 4.74 Å². The molecular formula is C11H11BrO3. The van der Waals surface area contributed by atoms with Crippen LogP contribution in [0.2, 0.25) is 0 Å². The lowest BCUT2D eigenvalue weighted by molar-refractivity contribution is 0.0599. The van der Waals surface area contributed by atoms with Crippen LogP contribution >= 0.6 is 15.9 Å². The number of rotatable bonds is 3. The Hall–Kier alpha value is -1.29. The summed E-state index contributed by atoms with van der Waals surface area (Å²) in [6, 6.07) is 5.35. The van der Waals surface area contributed by atoms with Crippen LogP contribution in [0.15, 0.2) is 28.9 Å². The molecule has 1 aromatic carbocycles. The second-order valence-electron chi connectivity index (χ2n) is 2.74. The Bertz CT molecular complexity index is 385. The van der Waals surface area contributed by atoms with Gasteiger partial charge in [-0.15, -0.1) is 0 Å². The summed E-state index contributed by atoms with van der Waals surface area (Å²) in [4.78, 5) is 11.4. The van der Waals surface area contributed by atoms with Gasteiger partial charge in [0.2, 0.25) is 0 Å². The molecule has 80 valence electrons. The van der Waals surface area contributed by atoms with Gasteiger partial charge in [0, 0.05) is 4.47 Å². The fourth-order valence-electron chi connectivity index (χ4n) is 1.09. The second-order valence-corrected chi connectivity index (χ2v) is 3.53. The van der Waals surface area contributed by atoms with Crippen molar-refractivity contribution in [2.75, 3.05) is 14.2 Å². The summed E-state index contributed by atoms with van der Waals surface area (Å²) in [7, 11) is 2.92. The normalized spacial score (nSPS) is 10.3. The smallest absolute Gasteiger partial charge is 0.339 e. The van der Waals surface area contributed by atoms with Gasteiger partial charge in [0.05, 0.1) is 26.0 Å². The lowest BCUT2D eigenvalue weighted by Crippen LogP contribution is -2.02. The summed E-state index contributed by atoms with van der Waals surface area (Å²) in [5.41, 5.74) is 1.36. The number of hydrogen-bond acceptors (Lipinski definition) is 3. The third-order valence-corrected chi connectivity index (χ3v) is 2.70. The van der Waals surface area contributed by atoms with E-state index in [0.717, 1.165) is 5.56 Å². The fourth-order valence-corrected chi connectivity index (χ4v) is 1.65. The van der Waals surface area contributed by atoms with Crippen LogP contribution in [0.3, 0.4) is 0 Å². The van der Waals surface area contributed by atoms with Crippen LogP contribution < -0.4 is 0 Å². The van der Waals surface area contributed by atoms with E-state index in [1.165, 1.54) is 7.11 Å². The first-order valence-electron chi connectivity index (χ1n) is 4.27. The van der Waals surface area contributed by atoms with Crippen LogP contribution in [0.1, 0.15) is 15.9 Å². The summed E-state index contributed by atoms with van der Waals surface area (Å²) in [6.07, 6.45) is 3.30. The standard InChI is InChI=1S/C11H11BrO3/c1-14-7-6-8-4-3-5-9(10(8)12)11(13)15-2/h3-7H,1-2H3. The molecule has 0 aliphatic heterocycles. The Balaban J connectivity index is 3.11. The molecule has 0 heterocycles. The van der Waals surface area contributed by atoms with Gasteiger partial charge in [0.1, 0.15) is 0 Å². The Labute approximate surface area is 96.8 Å². The summed E-state index contributed by atoms with van der Waals surface area (Å²) in [5.74, 6) is -0.366. The van der Waals surface area contributed by atoms with Gasteiger partial charge in [-0.05, 0) is 33.6 Å². The molecule has 0 N–H and O–H groups in total. The monoisotopic (exact) mass is 270 g/mol. The van der Waals surface area contributed by atoms with E-state index in [9.17, 15) is 4.79 Å². The van der Waals surface area contributed by atoms with Gasteiger partial charge in [-0.3, -0.25) is 0 Å². The van der Waals surface area contributed by atoms with Crippen LogP contribution in [-0.2, 0) is 9.47 Å². The molecule has 0 aliphatic carbocycles. The van der Waals surface area contributed by atoms with Crippen LogP contribution in [-0.4, -0.2) is 20.2 Å². The average molecular weight is 271 g/mol. The van der Waals surface area contributed by atoms with E-state index in [2.05, 4.69) is 20.7 Å². The minimum atomic E-state index is -0.366. The summed E-state index contributed by atoms with van der Waals surface area (Å²) >= 11 is 3.35. The maximum absolute atomic E-state index is 11.4. The molecule has 0 saturated heterocycles. The second kappa shape index (κ2) is 5.56. The molecule has 0 unspecified atom stereocenters. The molecule has 0 aliphatic rings. The zero-order valence-electron chi connectivity index (χ0n) is 8.49. The van der Waals surface area contributed by atoms with Gasteiger partial charge >= 0.3 is 5.97 Å². The molecule has 0 saturated carbocycles. The largest absolute Gasteiger partial charge is 0.504 e. The number of halogens is 1. The predicted octanol–water partition coefficient (Wildman–Crippen LogP) is 2.85. The lowest BCUT2D eigenvalue weighted by Gasteiger charge is -2.04. The highest BCUT2D eigenvalue weighted by Crippen LogP contribution is 2.23. The molecule has 1 aromatic rings. The molecule has 4 heteroatoms. The van der Waals surface area contributed by atoms with E-state index in [1.54, 1.807) is 31.6 Å². The molecule has 0 amide bonds. The zero-order chi connectivity index (χ0) is 11.3. The molecule has 0 bridgehead atoms. The number of carbonyl (C=O) groups excluding carboxylic acids is 1. The predicted molar refractivity (Wildman–Crippen MR) is 61.5 cm³/mol. The van der Waals surface area contributed by atoms with Crippen molar-refractivity contribution >= 4 is 28.0 Å². The highest BCUT2D eigenvalue weighted by Gasteiger charge is 2.11. The molecule has 3 nitrogen and oxygen atoms in total. The van der Waals surface area contributed by atoms with E-state index in [0.29, 0.717) is 10.0 Å². The Morgan fingerprint density at radius 1 is 1.40 bits per heavy atom. The van der Waals surface area contributed by atoms with Gasteiger partial charge in [-0.2, -0.15) is 0 Å². The van der Waals surface area contributed by atoms with Crippen molar-refractivity contribution in [1.82, 2.24) is 0 Å². The Morgan fingerprint density at radius 2 is 2.13 bits per heavy atom. The minimum absolute atomic E-state index is 0.366. The molecule has 0 spiro atoms. The first kappa shape index (κ1) is 11.8. The van der Waals surface area contributed by atoms with Gasteiger partial charge in [-0.25, -0.2) is 4.79 Å². The number of esters is 1. The minimum Gasteiger partial charge on any atom is -0.504 e. The molecule has 0 aromatic heterocycles. The highest BCUT2D eigenvalue weighted by atomic mass is 79.9. The van der Waals surface area contributed by atoms with Gasteiger partial charge in [0.25, 0.3) is 0 Å². The van der Waals surface area contributed by atoms with E-state index in [1.807, 2.05) is 6.07 Å². The summed E-state index contributed by atoms with van der Waals surface area (Å²) in [5, 5.41) is 0. The lowest BCUT2D eigenvalue weighted by atomic mass is 10.1. The topological polar surface area (TPSA) is 35.5 Å². The van der Waals surface area contributed by atoms with E-state index >= 15 is 0 Å². The van der Waals surface area contributed by atoms with Crippen LogP contribution in [0.5, 0.6) is 0 Å². The van der Waals surface area contributed by atoms with Gasteiger partial charge < -0.3 is 9.47 Å². The van der Waals surface area contributed by atoms with Gasteiger partial charge in [0.15, 0.2) is 0 Å².